The van der Waals surface area contributed by atoms with E-state index in [4.69, 9.17) is 5.11 Å². The lowest BCUT2D eigenvalue weighted by Crippen LogP contribution is -2.06. The van der Waals surface area contributed by atoms with Crippen molar-refractivity contribution in [3.05, 3.63) is 85.7 Å². The Morgan fingerprint density at radius 2 is 1.35 bits per heavy atom. The molecule has 0 rings (SSSR count). The van der Waals surface area contributed by atoms with Crippen molar-refractivity contribution in [3.8, 4) is 0 Å². The van der Waals surface area contributed by atoms with E-state index in [2.05, 4.69) is 44.2 Å². The molecule has 2 unspecified atom stereocenters. The van der Waals surface area contributed by atoms with E-state index in [1.165, 1.54) is 7.11 Å². The largest absolute Gasteiger partial charge is 0.508 e. The summed E-state index contributed by atoms with van der Waals surface area (Å²) in [4.78, 5) is 0. The molecule has 0 radical (unpaired) electrons. The molecule has 0 amide bonds. The molecule has 0 fully saturated rings. The fourth-order valence-corrected chi connectivity index (χ4v) is 1.89. The topological polar surface area (TPSA) is 29.5 Å². The summed E-state index contributed by atoms with van der Waals surface area (Å²) >= 11 is 0. The van der Waals surface area contributed by atoms with Crippen molar-refractivity contribution in [2.24, 2.45) is 11.8 Å². The van der Waals surface area contributed by atoms with Gasteiger partial charge in [0.25, 0.3) is 0 Å². The molecule has 0 aromatic carbocycles. The molecule has 0 heterocycles. The number of halogens is 3. The monoisotopic (exact) mass is 370 g/mol. The van der Waals surface area contributed by atoms with Crippen molar-refractivity contribution in [2.75, 3.05) is 7.11 Å². The third kappa shape index (κ3) is 8.60. The lowest BCUT2D eigenvalue weighted by Gasteiger charge is -2.18. The maximum Gasteiger partial charge on any atom is 0.200 e. The van der Waals surface area contributed by atoms with Gasteiger partial charge in [-0.2, -0.15) is 4.39 Å². The van der Waals surface area contributed by atoms with Crippen LogP contribution in [-0.4, -0.2) is 12.2 Å². The summed E-state index contributed by atoms with van der Waals surface area (Å²) in [5.74, 6) is -4.35. The highest BCUT2D eigenvalue weighted by Crippen LogP contribution is 2.31. The number of aliphatic hydroxyl groups is 1. The van der Waals surface area contributed by atoms with Gasteiger partial charge in [0.1, 0.15) is 17.3 Å². The molecule has 146 valence electrons. The molecule has 0 aliphatic carbocycles. The third-order valence-corrected chi connectivity index (χ3v) is 3.79. The highest BCUT2D eigenvalue weighted by Gasteiger charge is 2.20. The fourth-order valence-electron chi connectivity index (χ4n) is 1.89. The van der Waals surface area contributed by atoms with Gasteiger partial charge in [0, 0.05) is 6.08 Å². The molecule has 5 heteroatoms. The SMILES string of the molecule is C=C.C=C(O)/C=C(/F)C(=C)C(C)CCC(C)C(=C)/C(F)=C(/F)C(=C)OC. The quantitative estimate of drug-likeness (QED) is 0.250. The van der Waals surface area contributed by atoms with Crippen LogP contribution in [0.15, 0.2) is 85.7 Å². The minimum absolute atomic E-state index is 0.0109. The molecule has 0 bridgehead atoms. The molecule has 0 aromatic heterocycles. The van der Waals surface area contributed by atoms with E-state index in [1.807, 2.05) is 0 Å². The number of hydrogen-bond acceptors (Lipinski definition) is 2. The van der Waals surface area contributed by atoms with Crippen LogP contribution in [0.3, 0.4) is 0 Å². The van der Waals surface area contributed by atoms with E-state index in [0.29, 0.717) is 12.8 Å². The van der Waals surface area contributed by atoms with Crippen LogP contribution in [0, 0.1) is 11.8 Å². The standard InChI is InChI=1S/C19H25F3O2.C2H4/c1-11(14(4)17(20)10-13(3)23)8-9-12(2)15(5)18(21)19(22)16(6)24-7;1-2/h10-12,23H,3-6,8-9H2,1-2,7H3;1-2H2/b17-10+,19-18-;. The van der Waals surface area contributed by atoms with Gasteiger partial charge < -0.3 is 9.84 Å². The summed E-state index contributed by atoms with van der Waals surface area (Å²) < 4.78 is 45.9. The highest BCUT2D eigenvalue weighted by atomic mass is 19.2. The first-order chi connectivity index (χ1) is 12.0. The van der Waals surface area contributed by atoms with Crippen molar-refractivity contribution in [3.63, 3.8) is 0 Å². The molecule has 0 aromatic rings. The Kier molecular flexibility index (Phi) is 12.8. The molecular formula is C21H29F3O2. The predicted molar refractivity (Wildman–Crippen MR) is 103 cm³/mol. The maximum absolute atomic E-state index is 14.0. The number of methoxy groups -OCH3 is 1. The number of ether oxygens (including phenoxy) is 1. The van der Waals surface area contributed by atoms with Crippen LogP contribution in [-0.2, 0) is 4.74 Å². The second-order valence-corrected chi connectivity index (χ2v) is 5.67. The van der Waals surface area contributed by atoms with Gasteiger partial charge in [-0.25, -0.2) is 8.78 Å². The van der Waals surface area contributed by atoms with Crippen molar-refractivity contribution in [1.82, 2.24) is 0 Å². The van der Waals surface area contributed by atoms with Gasteiger partial charge in [-0.3, -0.25) is 0 Å². The van der Waals surface area contributed by atoms with Crippen molar-refractivity contribution < 1.29 is 23.0 Å². The second-order valence-electron chi connectivity index (χ2n) is 5.67. The summed E-state index contributed by atoms with van der Waals surface area (Å²) in [6.45, 7) is 23.1. The Balaban J connectivity index is 0. The van der Waals surface area contributed by atoms with Crippen LogP contribution in [0.25, 0.3) is 0 Å². The number of hydrogen-bond donors (Lipinski definition) is 1. The van der Waals surface area contributed by atoms with Crippen LogP contribution in [0.4, 0.5) is 13.2 Å². The zero-order valence-electron chi connectivity index (χ0n) is 15.9. The average Bonchev–Trinajstić information content (AvgIpc) is 2.63. The van der Waals surface area contributed by atoms with Gasteiger partial charge in [0.15, 0.2) is 11.7 Å². The third-order valence-electron chi connectivity index (χ3n) is 3.79. The number of allylic oxidation sites excluding steroid dienone is 6. The van der Waals surface area contributed by atoms with Crippen LogP contribution < -0.4 is 0 Å². The first-order valence-electron chi connectivity index (χ1n) is 7.94. The van der Waals surface area contributed by atoms with Crippen LogP contribution in [0.5, 0.6) is 0 Å². The lowest BCUT2D eigenvalue weighted by molar-refractivity contribution is 0.280. The normalized spacial score (nSPS) is 14.2. The van der Waals surface area contributed by atoms with Gasteiger partial charge in [0.05, 0.1) is 7.11 Å². The van der Waals surface area contributed by atoms with Gasteiger partial charge in [-0.15, -0.1) is 13.2 Å². The van der Waals surface area contributed by atoms with Crippen LogP contribution in [0.1, 0.15) is 26.7 Å². The Hall–Kier alpha value is -2.43. The smallest absolute Gasteiger partial charge is 0.200 e. The van der Waals surface area contributed by atoms with Gasteiger partial charge >= 0.3 is 0 Å². The van der Waals surface area contributed by atoms with Crippen molar-refractivity contribution in [1.29, 1.82) is 0 Å². The molecule has 0 aliphatic rings. The fraction of sp³-hybridized carbons (Fsp3) is 0.333. The van der Waals surface area contributed by atoms with Gasteiger partial charge in [-0.1, -0.05) is 40.2 Å². The summed E-state index contributed by atoms with van der Waals surface area (Å²) in [5, 5.41) is 8.96. The lowest BCUT2D eigenvalue weighted by atomic mass is 9.88. The zero-order chi connectivity index (χ0) is 21.0. The average molecular weight is 370 g/mol. The number of aliphatic hydroxyl groups excluding tert-OH is 1. The molecule has 0 spiro atoms. The van der Waals surface area contributed by atoms with Crippen molar-refractivity contribution in [2.45, 2.75) is 26.7 Å². The summed E-state index contributed by atoms with van der Waals surface area (Å²) in [6, 6.07) is 0. The highest BCUT2D eigenvalue weighted by molar-refractivity contribution is 5.33. The minimum atomic E-state index is -1.18. The molecule has 1 N–H and O–H groups in total. The molecule has 26 heavy (non-hydrogen) atoms. The van der Waals surface area contributed by atoms with E-state index < -0.39 is 29.0 Å². The molecule has 2 nitrogen and oxygen atoms in total. The number of rotatable bonds is 10. The van der Waals surface area contributed by atoms with E-state index in [0.717, 1.165) is 6.08 Å². The van der Waals surface area contributed by atoms with E-state index in [1.54, 1.807) is 13.8 Å². The Bertz CT molecular complexity index is 600. The van der Waals surface area contributed by atoms with E-state index >= 15 is 0 Å². The maximum atomic E-state index is 14.0. The molecular weight excluding hydrogens is 341 g/mol. The molecule has 0 aliphatic heterocycles. The summed E-state index contributed by atoms with van der Waals surface area (Å²) in [7, 11) is 1.19. The molecule has 0 saturated heterocycles. The zero-order valence-corrected chi connectivity index (χ0v) is 15.9. The first kappa shape index (κ1) is 25.8. The Morgan fingerprint density at radius 3 is 1.73 bits per heavy atom. The Labute approximate surface area is 155 Å². The molecule has 2 atom stereocenters. The second kappa shape index (κ2) is 12.9. The van der Waals surface area contributed by atoms with Crippen LogP contribution in [0.2, 0.25) is 0 Å². The summed E-state index contributed by atoms with van der Waals surface area (Å²) in [6.07, 6.45) is 1.82. The summed E-state index contributed by atoms with van der Waals surface area (Å²) in [5.41, 5.74) is 0.196. The van der Waals surface area contributed by atoms with Crippen molar-refractivity contribution >= 4 is 0 Å². The van der Waals surface area contributed by atoms with Crippen LogP contribution >= 0.6 is 0 Å². The predicted octanol–water partition coefficient (Wildman–Crippen LogP) is 7.19. The van der Waals surface area contributed by atoms with Gasteiger partial charge in [-0.05, 0) is 35.8 Å². The van der Waals surface area contributed by atoms with Gasteiger partial charge in [0.2, 0.25) is 0 Å². The first-order valence-corrected chi connectivity index (χ1v) is 7.94. The van der Waals surface area contributed by atoms with E-state index in [-0.39, 0.29) is 23.0 Å². The van der Waals surface area contributed by atoms with E-state index in [9.17, 15) is 13.2 Å². The molecule has 0 saturated carbocycles. The Morgan fingerprint density at radius 1 is 0.923 bits per heavy atom. The minimum Gasteiger partial charge on any atom is -0.508 e.